The lowest BCUT2D eigenvalue weighted by molar-refractivity contribution is -0.132. The molecule has 0 fully saturated rings. The van der Waals surface area contributed by atoms with Crippen LogP contribution in [0.5, 0.6) is 0 Å². The Kier molecular flexibility index (Phi) is 12.9. The summed E-state index contributed by atoms with van der Waals surface area (Å²) >= 11 is 6.57. The van der Waals surface area contributed by atoms with Crippen molar-refractivity contribution >= 4 is 75.5 Å². The third kappa shape index (κ3) is 10.8. The summed E-state index contributed by atoms with van der Waals surface area (Å²) in [4.78, 5) is 58.1. The predicted octanol–water partition coefficient (Wildman–Crippen LogP) is 9.64. The fourth-order valence-electron chi connectivity index (χ4n) is 5.10. The highest BCUT2D eigenvalue weighted by Gasteiger charge is 2.19. The van der Waals surface area contributed by atoms with E-state index in [1.54, 1.807) is 67.6 Å². The van der Waals surface area contributed by atoms with E-state index in [4.69, 9.17) is 26.2 Å². The van der Waals surface area contributed by atoms with E-state index in [9.17, 15) is 29.1 Å². The van der Waals surface area contributed by atoms with Gasteiger partial charge in [-0.05, 0) is 72.2 Å². The zero-order valence-electron chi connectivity index (χ0n) is 28.9. The van der Waals surface area contributed by atoms with Crippen LogP contribution in [0.15, 0.2) is 137 Å². The number of amides is 2. The molecule has 2 heterocycles. The van der Waals surface area contributed by atoms with Crippen molar-refractivity contribution < 1.29 is 43.7 Å². The van der Waals surface area contributed by atoms with Gasteiger partial charge in [0.2, 0.25) is 0 Å². The highest BCUT2D eigenvalue weighted by Crippen LogP contribution is 2.35. The minimum atomic E-state index is -1.24. The molecule has 55 heavy (non-hydrogen) atoms. The molecule has 0 aliphatic carbocycles. The standard InChI is InChI=1S/C21H14ClNO5S.C21H17NO4/c22-16(20(25)26)10-12-6-8-14(9-7-12)19(24)23-17-11-15(18(29-17)21(27)28)13-4-2-1-3-5-13;1-14-18(13-19(26-14)16-7-3-2-4-8-16)21(25)22-17-9-5-6-15(12-17)10-11-20(23)24/h1-11H,(H,23,24)(H,25,26)(H,27,28);2-13H,1H3,(H,22,25)(H,23,24)/b16-10-;11-10+. The van der Waals surface area contributed by atoms with Gasteiger partial charge in [0.05, 0.1) is 10.6 Å². The van der Waals surface area contributed by atoms with Crippen molar-refractivity contribution in [2.45, 2.75) is 6.92 Å². The van der Waals surface area contributed by atoms with Crippen LogP contribution >= 0.6 is 22.9 Å². The molecular weight excluding hydrogens is 744 g/mol. The van der Waals surface area contributed by atoms with Crippen LogP contribution in [-0.4, -0.2) is 45.0 Å². The molecule has 6 rings (SSSR count). The number of aryl methyl sites for hydroxylation is 1. The maximum atomic E-state index is 12.6. The number of furan rings is 1. The van der Waals surface area contributed by atoms with Crippen molar-refractivity contribution in [3.05, 3.63) is 165 Å². The van der Waals surface area contributed by atoms with E-state index >= 15 is 0 Å². The third-order valence-electron chi connectivity index (χ3n) is 7.70. The molecule has 0 aliphatic rings. The summed E-state index contributed by atoms with van der Waals surface area (Å²) in [7, 11) is 0. The SMILES string of the molecule is Cc1oc(-c2ccccc2)cc1C(=O)Nc1cccc(/C=C/C(=O)O)c1.O=C(O)/C(Cl)=C/c1ccc(C(=O)Nc2cc(-c3ccccc3)c(C(=O)O)s2)cc1. The van der Waals surface area contributed by atoms with E-state index in [1.165, 1.54) is 24.3 Å². The number of halogens is 1. The quantitative estimate of drug-likeness (QED) is 0.0800. The number of carbonyl (C=O) groups excluding carboxylic acids is 2. The van der Waals surface area contributed by atoms with Gasteiger partial charge in [-0.1, -0.05) is 96.5 Å². The summed E-state index contributed by atoms with van der Waals surface area (Å²) in [6.45, 7) is 1.74. The summed E-state index contributed by atoms with van der Waals surface area (Å²) in [5, 5.41) is 32.5. The van der Waals surface area contributed by atoms with Gasteiger partial charge in [0.1, 0.15) is 21.4 Å². The average molecular weight is 775 g/mol. The maximum absolute atomic E-state index is 12.6. The van der Waals surface area contributed by atoms with E-state index in [1.807, 2.05) is 48.5 Å². The number of benzene rings is 4. The van der Waals surface area contributed by atoms with Gasteiger partial charge < -0.3 is 30.4 Å². The largest absolute Gasteiger partial charge is 0.478 e. The van der Waals surface area contributed by atoms with Crippen molar-refractivity contribution in [3.63, 3.8) is 0 Å². The third-order valence-corrected chi connectivity index (χ3v) is 9.01. The van der Waals surface area contributed by atoms with E-state index in [2.05, 4.69) is 10.6 Å². The molecule has 5 N–H and O–H groups in total. The van der Waals surface area contributed by atoms with Gasteiger partial charge in [0.25, 0.3) is 11.8 Å². The van der Waals surface area contributed by atoms with Gasteiger partial charge in [-0.2, -0.15) is 0 Å². The molecule has 2 aromatic heterocycles. The number of carboxylic acids is 3. The van der Waals surface area contributed by atoms with Crippen molar-refractivity contribution in [2.75, 3.05) is 10.6 Å². The first-order valence-corrected chi connectivity index (χ1v) is 17.5. The molecule has 0 radical (unpaired) electrons. The van der Waals surface area contributed by atoms with E-state index < -0.39 is 23.8 Å². The zero-order chi connectivity index (χ0) is 39.5. The monoisotopic (exact) mass is 774 g/mol. The number of hydrogen-bond donors (Lipinski definition) is 5. The van der Waals surface area contributed by atoms with Gasteiger partial charge in [0.15, 0.2) is 0 Å². The van der Waals surface area contributed by atoms with E-state index in [-0.39, 0.29) is 15.8 Å². The highest BCUT2D eigenvalue weighted by atomic mass is 35.5. The summed E-state index contributed by atoms with van der Waals surface area (Å²) in [6.07, 6.45) is 3.79. The molecule has 0 saturated carbocycles. The number of aliphatic carboxylic acids is 2. The number of hydrogen-bond acceptors (Lipinski definition) is 7. The van der Waals surface area contributed by atoms with Crippen LogP contribution < -0.4 is 10.6 Å². The molecule has 0 aliphatic heterocycles. The van der Waals surface area contributed by atoms with Crippen molar-refractivity contribution in [1.82, 2.24) is 0 Å². The lowest BCUT2D eigenvalue weighted by Gasteiger charge is -2.05. The van der Waals surface area contributed by atoms with E-state index in [0.717, 1.165) is 28.5 Å². The van der Waals surface area contributed by atoms with Gasteiger partial charge in [-0.3, -0.25) is 9.59 Å². The second-order valence-electron chi connectivity index (χ2n) is 11.6. The van der Waals surface area contributed by atoms with E-state index in [0.29, 0.717) is 50.0 Å². The molecule has 0 atom stereocenters. The minimum Gasteiger partial charge on any atom is -0.478 e. The lowest BCUT2D eigenvalue weighted by atomic mass is 10.1. The normalized spacial score (nSPS) is 11.0. The lowest BCUT2D eigenvalue weighted by Crippen LogP contribution is -2.12. The Morgan fingerprint density at radius 3 is 1.98 bits per heavy atom. The second kappa shape index (κ2) is 18.1. The number of thiophene rings is 1. The molecule has 2 amide bonds. The topological polar surface area (TPSA) is 183 Å². The fraction of sp³-hybridized carbons (Fsp3) is 0.0238. The number of carbonyl (C=O) groups is 5. The van der Waals surface area contributed by atoms with Crippen molar-refractivity contribution in [3.8, 4) is 22.5 Å². The molecule has 276 valence electrons. The first kappa shape index (κ1) is 39.2. The van der Waals surface area contributed by atoms with Crippen LogP contribution in [0.2, 0.25) is 0 Å². The summed E-state index contributed by atoms with van der Waals surface area (Å²) in [5.41, 5.74) is 4.74. The molecular formula is C42H31ClN2O9S. The van der Waals surface area contributed by atoms with Crippen LogP contribution in [0.25, 0.3) is 34.6 Å². The fourth-order valence-corrected chi connectivity index (χ4v) is 6.15. The average Bonchev–Trinajstić information content (AvgIpc) is 3.79. The van der Waals surface area contributed by atoms with Crippen LogP contribution in [0, 0.1) is 6.92 Å². The number of carboxylic acid groups (broad SMARTS) is 3. The Labute approximate surface area is 323 Å². The minimum absolute atomic E-state index is 0.135. The zero-order valence-corrected chi connectivity index (χ0v) is 30.4. The first-order chi connectivity index (χ1) is 26.4. The number of nitrogens with one attached hydrogen (secondary N) is 2. The number of aromatic carboxylic acids is 1. The maximum Gasteiger partial charge on any atom is 0.347 e. The van der Waals surface area contributed by atoms with Crippen molar-refractivity contribution in [2.24, 2.45) is 0 Å². The van der Waals surface area contributed by atoms with Crippen LogP contribution in [0.4, 0.5) is 10.7 Å². The van der Waals surface area contributed by atoms with Crippen LogP contribution in [-0.2, 0) is 9.59 Å². The van der Waals surface area contributed by atoms with Gasteiger partial charge in [-0.15, -0.1) is 11.3 Å². The van der Waals surface area contributed by atoms with Gasteiger partial charge in [-0.25, -0.2) is 14.4 Å². The molecule has 0 bridgehead atoms. The second-order valence-corrected chi connectivity index (χ2v) is 13.1. The molecule has 0 saturated heterocycles. The van der Waals surface area contributed by atoms with Crippen LogP contribution in [0.3, 0.4) is 0 Å². The Bertz CT molecular complexity index is 2420. The molecule has 0 unspecified atom stereocenters. The molecule has 11 nitrogen and oxygen atoms in total. The predicted molar refractivity (Wildman–Crippen MR) is 213 cm³/mol. The molecule has 6 aromatic rings. The van der Waals surface area contributed by atoms with Gasteiger partial charge >= 0.3 is 17.9 Å². The summed E-state index contributed by atoms with van der Waals surface area (Å²) < 4.78 is 5.71. The Balaban J connectivity index is 0.000000212. The molecule has 4 aromatic carbocycles. The molecule has 0 spiro atoms. The smallest absolute Gasteiger partial charge is 0.347 e. The summed E-state index contributed by atoms with van der Waals surface area (Å²) in [5.74, 6) is -2.87. The Morgan fingerprint density at radius 2 is 1.36 bits per heavy atom. The van der Waals surface area contributed by atoms with Crippen molar-refractivity contribution in [1.29, 1.82) is 0 Å². The Hall–Kier alpha value is -7.02. The van der Waals surface area contributed by atoms with Crippen LogP contribution in [0.1, 0.15) is 47.3 Å². The number of rotatable bonds is 11. The Morgan fingerprint density at radius 1 is 0.709 bits per heavy atom. The summed E-state index contributed by atoms with van der Waals surface area (Å²) in [6, 6.07) is 35.1. The highest BCUT2D eigenvalue weighted by molar-refractivity contribution is 7.18. The van der Waals surface area contributed by atoms with Gasteiger partial charge in [0, 0.05) is 28.5 Å². The molecule has 13 heteroatoms. The number of anilines is 2. The first-order valence-electron chi connectivity index (χ1n) is 16.3.